The molecule has 5 nitrogen and oxygen atoms in total. The molecule has 0 saturated carbocycles. The van der Waals surface area contributed by atoms with E-state index in [1.807, 2.05) is 32.0 Å². The van der Waals surface area contributed by atoms with Gasteiger partial charge in [-0.2, -0.15) is 0 Å². The third-order valence-corrected chi connectivity index (χ3v) is 7.79. The Kier molecular flexibility index (Phi) is 8.35. The van der Waals surface area contributed by atoms with Crippen molar-refractivity contribution in [1.82, 2.24) is 14.5 Å². The van der Waals surface area contributed by atoms with Crippen molar-refractivity contribution in [3.8, 4) is 0 Å². The van der Waals surface area contributed by atoms with Crippen LogP contribution in [0, 0.1) is 11.7 Å². The number of benzene rings is 2. The topological polar surface area (TPSA) is 52.6 Å². The van der Waals surface area contributed by atoms with Gasteiger partial charge in [-0.1, -0.05) is 43.1 Å². The van der Waals surface area contributed by atoms with E-state index in [0.29, 0.717) is 16.6 Å². The first kappa shape index (κ1) is 24.4. The van der Waals surface area contributed by atoms with Crippen LogP contribution in [0.2, 0.25) is 10.0 Å². The van der Waals surface area contributed by atoms with Gasteiger partial charge in [0, 0.05) is 45.3 Å². The Labute approximate surface area is 194 Å². The lowest BCUT2D eigenvalue weighted by Gasteiger charge is -2.37. The first-order valence-electron chi connectivity index (χ1n) is 10.3. The van der Waals surface area contributed by atoms with E-state index in [4.69, 9.17) is 23.2 Å². The van der Waals surface area contributed by atoms with Crippen molar-refractivity contribution < 1.29 is 12.8 Å². The molecule has 170 valence electrons. The molecule has 1 aliphatic heterocycles. The zero-order valence-corrected chi connectivity index (χ0v) is 20.0. The standard InChI is InChI=1S/C22H28Cl2FN3O2S/c1-16(2)22(26-31(29,30)19-6-4-18(25)5-7-19)15-28-11-9-27(10-12-28)14-17-3-8-20(23)21(24)13-17/h3-8,13,16,22,26H,9-12,14-15H2,1-2H3/t22-/m1/s1. The minimum Gasteiger partial charge on any atom is -0.299 e. The SMILES string of the molecule is CC(C)[C@@H](CN1CCN(Cc2ccc(Cl)c(Cl)c2)CC1)NS(=O)(=O)c1ccc(F)cc1. The van der Waals surface area contributed by atoms with Gasteiger partial charge in [-0.15, -0.1) is 0 Å². The van der Waals surface area contributed by atoms with Crippen molar-refractivity contribution in [3.63, 3.8) is 0 Å². The van der Waals surface area contributed by atoms with E-state index in [2.05, 4.69) is 14.5 Å². The number of halogens is 3. The van der Waals surface area contributed by atoms with Crippen molar-refractivity contribution in [2.45, 2.75) is 31.3 Å². The molecule has 0 radical (unpaired) electrons. The summed E-state index contributed by atoms with van der Waals surface area (Å²) < 4.78 is 41.4. The van der Waals surface area contributed by atoms with Crippen molar-refractivity contribution in [1.29, 1.82) is 0 Å². The van der Waals surface area contributed by atoms with Gasteiger partial charge in [0.1, 0.15) is 5.82 Å². The van der Waals surface area contributed by atoms with E-state index in [1.165, 1.54) is 12.1 Å². The summed E-state index contributed by atoms with van der Waals surface area (Å²) in [5.74, 6) is -0.345. The molecule has 1 fully saturated rings. The number of nitrogens with zero attached hydrogens (tertiary/aromatic N) is 2. The highest BCUT2D eigenvalue weighted by atomic mass is 35.5. The predicted octanol–water partition coefficient (Wildman–Crippen LogP) is 4.25. The fourth-order valence-corrected chi connectivity index (χ4v) is 5.27. The monoisotopic (exact) mass is 487 g/mol. The number of hydrogen-bond donors (Lipinski definition) is 1. The zero-order chi connectivity index (χ0) is 22.6. The summed E-state index contributed by atoms with van der Waals surface area (Å²) in [5.41, 5.74) is 1.12. The lowest BCUT2D eigenvalue weighted by molar-refractivity contribution is 0.115. The molecule has 0 aromatic heterocycles. The molecular weight excluding hydrogens is 460 g/mol. The van der Waals surface area contributed by atoms with Crippen molar-refractivity contribution >= 4 is 33.2 Å². The van der Waals surface area contributed by atoms with Crippen LogP contribution in [-0.2, 0) is 16.6 Å². The second-order valence-corrected chi connectivity index (χ2v) is 10.8. The minimum absolute atomic E-state index is 0.0750. The smallest absolute Gasteiger partial charge is 0.240 e. The Bertz CT molecular complexity index is 979. The summed E-state index contributed by atoms with van der Waals surface area (Å²) in [6.45, 7) is 8.89. The lowest BCUT2D eigenvalue weighted by Crippen LogP contribution is -2.52. The van der Waals surface area contributed by atoms with Gasteiger partial charge in [-0.25, -0.2) is 17.5 Å². The van der Waals surface area contributed by atoms with Crippen LogP contribution in [-0.4, -0.2) is 57.0 Å². The molecule has 1 N–H and O–H groups in total. The maximum absolute atomic E-state index is 13.1. The molecule has 31 heavy (non-hydrogen) atoms. The van der Waals surface area contributed by atoms with Gasteiger partial charge in [0.05, 0.1) is 14.9 Å². The predicted molar refractivity (Wildman–Crippen MR) is 124 cm³/mol. The van der Waals surface area contributed by atoms with Crippen LogP contribution in [0.25, 0.3) is 0 Å². The summed E-state index contributed by atoms with van der Waals surface area (Å²) in [6.07, 6.45) is 0. The first-order chi connectivity index (χ1) is 14.6. The molecule has 1 atom stereocenters. The summed E-state index contributed by atoms with van der Waals surface area (Å²) in [4.78, 5) is 4.71. The molecule has 1 heterocycles. The highest BCUT2D eigenvalue weighted by molar-refractivity contribution is 7.89. The number of rotatable bonds is 8. The third kappa shape index (κ3) is 6.88. The van der Waals surface area contributed by atoms with Crippen molar-refractivity contribution in [2.75, 3.05) is 32.7 Å². The maximum atomic E-state index is 13.1. The van der Waals surface area contributed by atoms with Crippen LogP contribution in [0.1, 0.15) is 19.4 Å². The van der Waals surface area contributed by atoms with Gasteiger partial charge >= 0.3 is 0 Å². The fraction of sp³-hybridized carbons (Fsp3) is 0.455. The molecule has 9 heteroatoms. The quantitative estimate of drug-likeness (QED) is 0.604. The van der Waals surface area contributed by atoms with Crippen LogP contribution < -0.4 is 4.72 Å². The molecule has 0 unspecified atom stereocenters. The highest BCUT2D eigenvalue weighted by Crippen LogP contribution is 2.23. The van der Waals surface area contributed by atoms with E-state index in [-0.39, 0.29) is 16.9 Å². The first-order valence-corrected chi connectivity index (χ1v) is 12.5. The van der Waals surface area contributed by atoms with Crippen LogP contribution >= 0.6 is 23.2 Å². The number of sulfonamides is 1. The number of piperazine rings is 1. The van der Waals surface area contributed by atoms with Gasteiger partial charge in [0.25, 0.3) is 0 Å². The maximum Gasteiger partial charge on any atom is 0.240 e. The number of hydrogen-bond acceptors (Lipinski definition) is 4. The van der Waals surface area contributed by atoms with Gasteiger partial charge in [-0.3, -0.25) is 9.80 Å². The highest BCUT2D eigenvalue weighted by Gasteiger charge is 2.26. The van der Waals surface area contributed by atoms with Gasteiger partial charge < -0.3 is 0 Å². The summed E-state index contributed by atoms with van der Waals surface area (Å²) in [6, 6.07) is 10.4. The molecule has 0 aliphatic carbocycles. The molecule has 2 aromatic carbocycles. The van der Waals surface area contributed by atoms with Crippen molar-refractivity contribution in [2.24, 2.45) is 5.92 Å². The number of nitrogens with one attached hydrogen (secondary N) is 1. The Morgan fingerprint density at radius 1 is 0.968 bits per heavy atom. The molecule has 0 bridgehead atoms. The second-order valence-electron chi connectivity index (χ2n) is 8.25. The zero-order valence-electron chi connectivity index (χ0n) is 17.7. The van der Waals surface area contributed by atoms with E-state index in [1.54, 1.807) is 0 Å². The molecular formula is C22H28Cl2FN3O2S. The molecule has 0 spiro atoms. The summed E-state index contributed by atoms with van der Waals surface area (Å²) in [7, 11) is -3.71. The molecule has 0 amide bonds. The average molecular weight is 488 g/mol. The Balaban J connectivity index is 1.55. The Morgan fingerprint density at radius 3 is 2.16 bits per heavy atom. The molecule has 1 aliphatic rings. The van der Waals surface area contributed by atoms with E-state index in [0.717, 1.165) is 50.4 Å². The minimum atomic E-state index is -3.71. The Morgan fingerprint density at radius 2 is 1.58 bits per heavy atom. The van der Waals surface area contributed by atoms with Crippen LogP contribution in [0.5, 0.6) is 0 Å². The van der Waals surface area contributed by atoms with E-state index >= 15 is 0 Å². The fourth-order valence-electron chi connectivity index (χ4n) is 3.57. The largest absolute Gasteiger partial charge is 0.299 e. The lowest BCUT2D eigenvalue weighted by atomic mass is 10.0. The van der Waals surface area contributed by atoms with Crippen LogP contribution in [0.3, 0.4) is 0 Å². The molecule has 2 aromatic rings. The normalized spacial score (nSPS) is 17.2. The summed E-state index contributed by atoms with van der Waals surface area (Å²) >= 11 is 12.1. The van der Waals surface area contributed by atoms with Gasteiger partial charge in [-0.05, 0) is 47.9 Å². The Hall–Kier alpha value is -1.22. The van der Waals surface area contributed by atoms with Crippen molar-refractivity contribution in [3.05, 3.63) is 63.9 Å². The summed E-state index contributed by atoms with van der Waals surface area (Å²) in [5, 5.41) is 1.11. The molecule has 3 rings (SSSR count). The molecule has 1 saturated heterocycles. The van der Waals surface area contributed by atoms with Crippen LogP contribution in [0.4, 0.5) is 4.39 Å². The van der Waals surface area contributed by atoms with E-state index in [9.17, 15) is 12.8 Å². The van der Waals surface area contributed by atoms with Gasteiger partial charge in [0.15, 0.2) is 0 Å². The second kappa shape index (κ2) is 10.6. The third-order valence-electron chi connectivity index (χ3n) is 5.55. The van der Waals surface area contributed by atoms with Gasteiger partial charge in [0.2, 0.25) is 10.0 Å². The average Bonchev–Trinajstić information content (AvgIpc) is 2.72. The van der Waals surface area contributed by atoms with E-state index < -0.39 is 15.8 Å². The van der Waals surface area contributed by atoms with Crippen LogP contribution in [0.15, 0.2) is 47.4 Å².